The lowest BCUT2D eigenvalue weighted by molar-refractivity contribution is 0.406. The van der Waals surface area contributed by atoms with Gasteiger partial charge in [-0.05, 0) is 47.4 Å². The average Bonchev–Trinajstić information content (AvgIpc) is 3.44. The number of benzene rings is 3. The first-order chi connectivity index (χ1) is 16.3. The molecule has 0 aliphatic carbocycles. The number of nitrogens with zero attached hydrogens (tertiary/aromatic N) is 4. The van der Waals surface area contributed by atoms with Gasteiger partial charge < -0.3 is 5.11 Å². The highest BCUT2D eigenvalue weighted by Gasteiger charge is 2.11. The number of aryl methyl sites for hydroxylation is 1. The fraction of sp³-hybridized carbons (Fsp3) is 0.148. The van der Waals surface area contributed by atoms with Crippen LogP contribution in [0.5, 0.6) is 5.88 Å². The van der Waals surface area contributed by atoms with Crippen LogP contribution in [0.25, 0.3) is 6.08 Å². The van der Waals surface area contributed by atoms with Crippen LogP contribution in [0.1, 0.15) is 22.4 Å². The molecule has 2 heterocycles. The molecule has 1 N–H and O–H groups in total. The van der Waals surface area contributed by atoms with E-state index < -0.39 is 0 Å². The molecule has 5 nitrogen and oxygen atoms in total. The van der Waals surface area contributed by atoms with E-state index in [1.54, 1.807) is 6.34 Å². The van der Waals surface area contributed by atoms with Crippen LogP contribution in [-0.2, 0) is 19.5 Å². The van der Waals surface area contributed by atoms with Crippen LogP contribution in [0.4, 0.5) is 5.69 Å². The molecule has 0 amide bonds. The van der Waals surface area contributed by atoms with E-state index in [0.717, 1.165) is 44.3 Å². The summed E-state index contributed by atoms with van der Waals surface area (Å²) < 4.78 is 1.93. The van der Waals surface area contributed by atoms with Crippen molar-refractivity contribution in [3.63, 3.8) is 0 Å². The summed E-state index contributed by atoms with van der Waals surface area (Å²) in [6.07, 6.45) is 5.43. The van der Waals surface area contributed by atoms with Crippen molar-refractivity contribution in [3.05, 3.63) is 110 Å². The number of rotatable bonds is 7. The van der Waals surface area contributed by atoms with Crippen molar-refractivity contribution >= 4 is 29.4 Å². The van der Waals surface area contributed by atoms with Crippen LogP contribution in [0, 0.1) is 0 Å². The molecule has 0 radical (unpaired) electrons. The van der Waals surface area contributed by atoms with E-state index in [1.807, 2.05) is 53.1 Å². The Morgan fingerprint density at radius 3 is 2.48 bits per heavy atom. The third-order valence-electron chi connectivity index (χ3n) is 5.53. The minimum absolute atomic E-state index is 0.258. The van der Waals surface area contributed by atoms with E-state index in [0.29, 0.717) is 13.1 Å². The Morgan fingerprint density at radius 1 is 0.939 bits per heavy atom. The van der Waals surface area contributed by atoms with Crippen molar-refractivity contribution in [2.75, 3.05) is 0 Å². The Hall–Kier alpha value is -3.77. The van der Waals surface area contributed by atoms with Gasteiger partial charge in [-0.25, -0.2) is 9.98 Å². The first-order valence-corrected chi connectivity index (χ1v) is 11.8. The summed E-state index contributed by atoms with van der Waals surface area (Å²) in [7, 11) is 0. The summed E-state index contributed by atoms with van der Waals surface area (Å²) in [5.41, 5.74) is 3.29. The maximum absolute atomic E-state index is 11.1. The van der Waals surface area contributed by atoms with Crippen LogP contribution >= 0.6 is 11.3 Å². The summed E-state index contributed by atoms with van der Waals surface area (Å²) in [6, 6.07) is 26.6. The van der Waals surface area contributed by atoms with E-state index in [9.17, 15) is 5.11 Å². The lowest BCUT2D eigenvalue weighted by Gasteiger charge is -2.06. The van der Waals surface area contributed by atoms with Crippen molar-refractivity contribution in [2.24, 2.45) is 15.0 Å². The topological polar surface area (TPSA) is 62.2 Å². The molecule has 0 saturated heterocycles. The van der Waals surface area contributed by atoms with Crippen LogP contribution in [0.3, 0.4) is 0 Å². The molecule has 164 valence electrons. The van der Waals surface area contributed by atoms with Crippen molar-refractivity contribution < 1.29 is 5.11 Å². The summed E-state index contributed by atoms with van der Waals surface area (Å²) in [4.78, 5) is 15.0. The fourth-order valence-electron chi connectivity index (χ4n) is 3.81. The zero-order valence-electron chi connectivity index (χ0n) is 18.1. The Kier molecular flexibility index (Phi) is 6.26. The predicted octanol–water partition coefficient (Wildman–Crippen LogP) is 4.11. The fourth-order valence-corrected chi connectivity index (χ4v) is 4.82. The third-order valence-corrected chi connectivity index (χ3v) is 6.58. The molecule has 0 spiro atoms. The first-order valence-electron chi connectivity index (χ1n) is 11.0. The molecule has 3 aromatic carbocycles. The standard InChI is InChI=1S/C27H24N4OS/c32-26-25(17-22-13-14-23-24(16-22)30-19-29-23)33-27(28-18-21-10-5-2-6-11-21)31(26)15-7-12-20-8-3-1-4-9-20/h1-6,8-11,13-14,16-17,19,32H,7,12,15,18H2. The van der Waals surface area contributed by atoms with E-state index in [2.05, 4.69) is 46.4 Å². The molecule has 0 atom stereocenters. The SMILES string of the molecule is Oc1c(C=c2ccc3c(c2)N=CN=3)sc(=NCc2ccccc2)n1CCCc1ccccc1. The van der Waals surface area contributed by atoms with Crippen LogP contribution in [-0.4, -0.2) is 16.0 Å². The van der Waals surface area contributed by atoms with Gasteiger partial charge in [0.15, 0.2) is 4.80 Å². The van der Waals surface area contributed by atoms with Gasteiger partial charge in [0.1, 0.15) is 6.34 Å². The largest absolute Gasteiger partial charge is 0.493 e. The zero-order chi connectivity index (χ0) is 22.5. The third kappa shape index (κ3) is 5.02. The predicted molar refractivity (Wildman–Crippen MR) is 133 cm³/mol. The van der Waals surface area contributed by atoms with Gasteiger partial charge in [-0.15, -0.1) is 0 Å². The molecule has 0 fully saturated rings. The minimum atomic E-state index is 0.258. The second-order valence-corrected chi connectivity index (χ2v) is 8.89. The lowest BCUT2D eigenvalue weighted by Crippen LogP contribution is -2.15. The highest BCUT2D eigenvalue weighted by atomic mass is 32.1. The first kappa shape index (κ1) is 21.1. The molecule has 6 heteroatoms. The normalized spacial score (nSPS) is 13.3. The molecule has 0 bridgehead atoms. The van der Waals surface area contributed by atoms with Crippen molar-refractivity contribution in [3.8, 4) is 5.88 Å². The summed E-state index contributed by atoms with van der Waals surface area (Å²) in [5.74, 6) is 0.258. The molecule has 1 aliphatic heterocycles. The molecular formula is C27H24N4OS. The van der Waals surface area contributed by atoms with Gasteiger partial charge >= 0.3 is 0 Å². The van der Waals surface area contributed by atoms with Crippen LogP contribution < -0.4 is 15.4 Å². The van der Waals surface area contributed by atoms with Crippen molar-refractivity contribution in [1.82, 2.24) is 4.57 Å². The Morgan fingerprint density at radius 2 is 1.70 bits per heavy atom. The van der Waals surface area contributed by atoms with Gasteiger partial charge in [0, 0.05) is 6.54 Å². The highest BCUT2D eigenvalue weighted by Crippen LogP contribution is 2.22. The average molecular weight is 453 g/mol. The van der Waals surface area contributed by atoms with Gasteiger partial charge in [0.2, 0.25) is 5.88 Å². The zero-order valence-corrected chi connectivity index (χ0v) is 18.9. The number of aromatic nitrogens is 1. The molecule has 0 unspecified atom stereocenters. The van der Waals surface area contributed by atoms with E-state index in [-0.39, 0.29) is 5.88 Å². The molecule has 4 aromatic rings. The van der Waals surface area contributed by atoms with E-state index in [1.165, 1.54) is 16.9 Å². The Bertz CT molecular complexity index is 1470. The van der Waals surface area contributed by atoms with Gasteiger partial charge in [-0.1, -0.05) is 78.1 Å². The second-order valence-electron chi connectivity index (χ2n) is 7.88. The molecule has 1 aliphatic rings. The van der Waals surface area contributed by atoms with Gasteiger partial charge in [-0.3, -0.25) is 9.56 Å². The Balaban J connectivity index is 1.47. The summed E-state index contributed by atoms with van der Waals surface area (Å²) in [6.45, 7) is 1.28. The molecule has 0 saturated carbocycles. The maximum atomic E-state index is 11.1. The monoisotopic (exact) mass is 452 g/mol. The van der Waals surface area contributed by atoms with Crippen LogP contribution in [0.2, 0.25) is 0 Å². The van der Waals surface area contributed by atoms with E-state index in [4.69, 9.17) is 4.99 Å². The van der Waals surface area contributed by atoms with Gasteiger partial charge in [0.05, 0.1) is 22.5 Å². The molecule has 1 aromatic heterocycles. The van der Waals surface area contributed by atoms with E-state index >= 15 is 0 Å². The quantitative estimate of drug-likeness (QED) is 0.451. The van der Waals surface area contributed by atoms with Gasteiger partial charge in [-0.2, -0.15) is 0 Å². The highest BCUT2D eigenvalue weighted by molar-refractivity contribution is 7.10. The van der Waals surface area contributed by atoms with Gasteiger partial charge in [0.25, 0.3) is 0 Å². The molecule has 5 rings (SSSR count). The number of aliphatic imine (C=N–C) groups is 1. The summed E-state index contributed by atoms with van der Waals surface area (Å²) in [5, 5.41) is 12.9. The van der Waals surface area contributed by atoms with Crippen molar-refractivity contribution in [2.45, 2.75) is 25.9 Å². The molecular weight excluding hydrogens is 428 g/mol. The minimum Gasteiger partial charge on any atom is -0.493 e. The molecule has 33 heavy (non-hydrogen) atoms. The Labute approximate surface area is 196 Å². The number of thiazole rings is 1. The number of hydrogen-bond donors (Lipinski definition) is 1. The number of fused-ring (bicyclic) bond motifs is 1. The van der Waals surface area contributed by atoms with Crippen molar-refractivity contribution in [1.29, 1.82) is 0 Å². The van der Waals surface area contributed by atoms with Crippen LogP contribution in [0.15, 0.2) is 93.8 Å². The number of aromatic hydroxyl groups is 1. The maximum Gasteiger partial charge on any atom is 0.211 e. The summed E-state index contributed by atoms with van der Waals surface area (Å²) >= 11 is 1.51. The second kappa shape index (κ2) is 9.79. The smallest absolute Gasteiger partial charge is 0.211 e. The lowest BCUT2D eigenvalue weighted by atomic mass is 10.1. The number of hydrogen-bond acceptors (Lipinski definition) is 5.